The van der Waals surface area contributed by atoms with Crippen molar-refractivity contribution in [2.45, 2.75) is 25.7 Å². The normalized spacial score (nSPS) is 22.5. The fraction of sp³-hybridized carbons (Fsp3) is 0.474. The third kappa shape index (κ3) is 3.04. The highest BCUT2D eigenvalue weighted by atomic mass is 19.3. The molecule has 1 unspecified atom stereocenters. The van der Waals surface area contributed by atoms with E-state index in [2.05, 4.69) is 10.1 Å². The fourth-order valence-electron chi connectivity index (χ4n) is 4.27. The number of piperidine rings is 1. The molecule has 2 amide bonds. The molecule has 28 heavy (non-hydrogen) atoms. The first-order valence-electron chi connectivity index (χ1n) is 9.24. The lowest BCUT2D eigenvalue weighted by Crippen LogP contribution is -2.50. The zero-order valence-electron chi connectivity index (χ0n) is 15.5. The molecule has 4 heterocycles. The van der Waals surface area contributed by atoms with Crippen molar-refractivity contribution in [3.05, 3.63) is 42.0 Å². The molecule has 4 rings (SSSR count). The van der Waals surface area contributed by atoms with E-state index in [-0.39, 0.29) is 18.0 Å². The number of amides is 2. The van der Waals surface area contributed by atoms with Crippen molar-refractivity contribution in [2.75, 3.05) is 24.5 Å². The van der Waals surface area contributed by atoms with Gasteiger partial charge in [0.2, 0.25) is 5.91 Å². The van der Waals surface area contributed by atoms with Crippen LogP contribution in [0.4, 0.5) is 14.5 Å². The van der Waals surface area contributed by atoms with Crippen LogP contribution in [0.3, 0.4) is 0 Å². The van der Waals surface area contributed by atoms with E-state index in [9.17, 15) is 18.4 Å². The van der Waals surface area contributed by atoms with Crippen LogP contribution in [0.5, 0.6) is 0 Å². The number of pyridine rings is 1. The number of aromatic nitrogens is 3. The second kappa shape index (κ2) is 6.96. The molecule has 2 saturated heterocycles. The number of aryl methyl sites for hydroxylation is 1. The van der Waals surface area contributed by atoms with Crippen LogP contribution >= 0.6 is 0 Å². The van der Waals surface area contributed by atoms with Crippen LogP contribution in [0, 0.1) is 5.41 Å². The third-order valence-corrected chi connectivity index (χ3v) is 5.63. The molecule has 0 saturated carbocycles. The SMILES string of the molecule is Cn1cc(C(=O)N2CCCC3(CCN(c4cccnc4)C3=O)C2)c(C(F)F)n1. The molecule has 2 aliphatic rings. The monoisotopic (exact) mass is 389 g/mol. The van der Waals surface area contributed by atoms with Crippen molar-refractivity contribution in [2.24, 2.45) is 12.5 Å². The topological polar surface area (TPSA) is 71.3 Å². The molecule has 2 aromatic rings. The number of halogens is 2. The summed E-state index contributed by atoms with van der Waals surface area (Å²) in [6, 6.07) is 3.61. The van der Waals surface area contributed by atoms with E-state index >= 15 is 0 Å². The molecule has 1 atom stereocenters. The smallest absolute Gasteiger partial charge is 0.282 e. The molecule has 7 nitrogen and oxygen atoms in total. The van der Waals surface area contributed by atoms with Crippen molar-refractivity contribution in [3.8, 4) is 0 Å². The maximum atomic E-state index is 13.3. The summed E-state index contributed by atoms with van der Waals surface area (Å²) in [5, 5.41) is 3.72. The summed E-state index contributed by atoms with van der Waals surface area (Å²) in [4.78, 5) is 33.4. The van der Waals surface area contributed by atoms with Crippen molar-refractivity contribution < 1.29 is 18.4 Å². The molecule has 0 radical (unpaired) electrons. The average Bonchev–Trinajstić information content (AvgIpc) is 3.23. The minimum atomic E-state index is -2.83. The van der Waals surface area contributed by atoms with Crippen LogP contribution in [0.2, 0.25) is 0 Å². The van der Waals surface area contributed by atoms with Gasteiger partial charge >= 0.3 is 0 Å². The summed E-state index contributed by atoms with van der Waals surface area (Å²) in [6.07, 6.45) is 3.75. The van der Waals surface area contributed by atoms with E-state index in [4.69, 9.17) is 0 Å². The Balaban J connectivity index is 1.57. The van der Waals surface area contributed by atoms with Gasteiger partial charge in [0.25, 0.3) is 12.3 Å². The van der Waals surface area contributed by atoms with Gasteiger partial charge in [0, 0.05) is 39.1 Å². The number of nitrogens with zero attached hydrogens (tertiary/aromatic N) is 5. The first-order chi connectivity index (χ1) is 13.4. The second-order valence-corrected chi connectivity index (χ2v) is 7.43. The highest BCUT2D eigenvalue weighted by molar-refractivity contribution is 6.01. The van der Waals surface area contributed by atoms with E-state index in [0.29, 0.717) is 32.4 Å². The van der Waals surface area contributed by atoms with Gasteiger partial charge in [-0.3, -0.25) is 19.3 Å². The van der Waals surface area contributed by atoms with Crippen molar-refractivity contribution in [3.63, 3.8) is 0 Å². The number of hydrogen-bond donors (Lipinski definition) is 0. The van der Waals surface area contributed by atoms with Crippen LogP contribution < -0.4 is 4.90 Å². The van der Waals surface area contributed by atoms with Gasteiger partial charge in [-0.25, -0.2) is 8.78 Å². The predicted octanol–water partition coefficient (Wildman–Crippen LogP) is 2.41. The third-order valence-electron chi connectivity index (χ3n) is 5.63. The Morgan fingerprint density at radius 2 is 2.11 bits per heavy atom. The highest BCUT2D eigenvalue weighted by Gasteiger charge is 2.50. The molecule has 9 heteroatoms. The average molecular weight is 389 g/mol. The van der Waals surface area contributed by atoms with Gasteiger partial charge in [0.15, 0.2) is 0 Å². The quantitative estimate of drug-likeness (QED) is 0.808. The Morgan fingerprint density at radius 1 is 1.29 bits per heavy atom. The maximum absolute atomic E-state index is 13.3. The zero-order chi connectivity index (χ0) is 19.9. The van der Waals surface area contributed by atoms with Crippen molar-refractivity contribution in [1.29, 1.82) is 0 Å². The van der Waals surface area contributed by atoms with Crippen LogP contribution in [0.1, 0.15) is 41.7 Å². The Bertz CT molecular complexity index is 901. The predicted molar refractivity (Wildman–Crippen MR) is 96.9 cm³/mol. The zero-order valence-corrected chi connectivity index (χ0v) is 15.5. The number of hydrogen-bond acceptors (Lipinski definition) is 4. The Kier molecular flexibility index (Phi) is 4.60. The molecule has 2 aliphatic heterocycles. The van der Waals surface area contributed by atoms with Gasteiger partial charge < -0.3 is 9.80 Å². The lowest BCUT2D eigenvalue weighted by molar-refractivity contribution is -0.127. The number of likely N-dealkylation sites (tertiary alicyclic amines) is 1. The largest absolute Gasteiger partial charge is 0.337 e. The summed E-state index contributed by atoms with van der Waals surface area (Å²) in [5.74, 6) is -0.520. The number of rotatable bonds is 3. The molecule has 1 spiro atoms. The molecule has 2 fully saturated rings. The molecular weight excluding hydrogens is 368 g/mol. The van der Waals surface area contributed by atoms with E-state index < -0.39 is 23.4 Å². The second-order valence-electron chi connectivity index (χ2n) is 7.43. The van der Waals surface area contributed by atoms with Crippen LogP contribution in [0.15, 0.2) is 30.7 Å². The maximum Gasteiger partial charge on any atom is 0.282 e. The Hall–Kier alpha value is -2.84. The minimum Gasteiger partial charge on any atom is -0.337 e. The van der Waals surface area contributed by atoms with Gasteiger partial charge in [0.05, 0.1) is 22.9 Å². The number of carbonyl (C=O) groups excluding carboxylic acids is 2. The van der Waals surface area contributed by atoms with Gasteiger partial charge in [0.1, 0.15) is 5.69 Å². The van der Waals surface area contributed by atoms with Gasteiger partial charge in [-0.1, -0.05) is 0 Å². The Morgan fingerprint density at radius 3 is 2.82 bits per heavy atom. The number of anilines is 1. The van der Waals surface area contributed by atoms with Crippen LogP contribution in [-0.4, -0.2) is 51.1 Å². The summed E-state index contributed by atoms with van der Waals surface area (Å²) < 4.78 is 27.7. The van der Waals surface area contributed by atoms with E-state index in [1.807, 2.05) is 6.07 Å². The molecule has 0 aliphatic carbocycles. The molecule has 0 N–H and O–H groups in total. The van der Waals surface area contributed by atoms with Crippen molar-refractivity contribution in [1.82, 2.24) is 19.7 Å². The number of alkyl halides is 2. The van der Waals surface area contributed by atoms with Gasteiger partial charge in [-0.15, -0.1) is 0 Å². The molecular formula is C19H21F2N5O2. The molecule has 2 aromatic heterocycles. The summed E-state index contributed by atoms with van der Waals surface area (Å²) in [6.45, 7) is 1.24. The van der Waals surface area contributed by atoms with E-state index in [1.165, 1.54) is 22.8 Å². The summed E-state index contributed by atoms with van der Waals surface area (Å²) in [7, 11) is 1.51. The highest BCUT2D eigenvalue weighted by Crippen LogP contribution is 2.42. The van der Waals surface area contributed by atoms with Gasteiger partial charge in [-0.2, -0.15) is 5.10 Å². The Labute approximate surface area is 160 Å². The standard InChI is InChI=1S/C19H21F2N5O2/c1-24-11-14(15(23-24)16(20)21)17(27)25-8-3-5-19(12-25)6-9-26(18(19)28)13-4-2-7-22-10-13/h2,4,7,10-11,16H,3,5-6,8-9,12H2,1H3. The first kappa shape index (κ1) is 18.5. The minimum absolute atomic E-state index is 0.0294. The van der Waals surface area contributed by atoms with Crippen LogP contribution in [-0.2, 0) is 11.8 Å². The lowest BCUT2D eigenvalue weighted by atomic mass is 9.78. The van der Waals surface area contributed by atoms with E-state index in [1.54, 1.807) is 23.4 Å². The summed E-state index contributed by atoms with van der Waals surface area (Å²) >= 11 is 0. The molecule has 148 valence electrons. The molecule has 0 aromatic carbocycles. The first-order valence-corrected chi connectivity index (χ1v) is 9.24. The molecule has 0 bridgehead atoms. The fourth-order valence-corrected chi connectivity index (χ4v) is 4.27. The number of carbonyl (C=O) groups is 2. The van der Waals surface area contributed by atoms with Gasteiger partial charge in [-0.05, 0) is 31.4 Å². The summed E-state index contributed by atoms with van der Waals surface area (Å²) in [5.41, 5.74) is -0.539. The lowest BCUT2D eigenvalue weighted by Gasteiger charge is -2.39. The van der Waals surface area contributed by atoms with Crippen molar-refractivity contribution >= 4 is 17.5 Å². The van der Waals surface area contributed by atoms with Crippen LogP contribution in [0.25, 0.3) is 0 Å². The van der Waals surface area contributed by atoms with E-state index in [0.717, 1.165) is 5.69 Å².